The van der Waals surface area contributed by atoms with Crippen LogP contribution in [0.15, 0.2) is 42.5 Å². The fourth-order valence-electron chi connectivity index (χ4n) is 2.82. The summed E-state index contributed by atoms with van der Waals surface area (Å²) in [7, 11) is 0. The van der Waals surface area contributed by atoms with E-state index in [9.17, 15) is 14.7 Å². The van der Waals surface area contributed by atoms with Crippen molar-refractivity contribution < 1.29 is 19.4 Å². The predicted molar refractivity (Wildman–Crippen MR) is 111 cm³/mol. The number of hydrogen-bond donors (Lipinski definition) is 2. The molecule has 0 spiro atoms. The number of nitrogens with one attached hydrogen (secondary N) is 1. The molecule has 0 unspecified atom stereocenters. The predicted octanol–water partition coefficient (Wildman–Crippen LogP) is 5.00. The van der Waals surface area contributed by atoms with Crippen molar-refractivity contribution in [3.8, 4) is 5.75 Å². The summed E-state index contributed by atoms with van der Waals surface area (Å²) in [5.41, 5.74) is 2.38. The van der Waals surface area contributed by atoms with E-state index in [-0.39, 0.29) is 28.7 Å². The van der Waals surface area contributed by atoms with E-state index >= 15 is 0 Å². The maximum atomic E-state index is 12.3. The van der Waals surface area contributed by atoms with Crippen LogP contribution < -0.4 is 10.1 Å². The number of benzene rings is 2. The Hall–Kier alpha value is -2.82. The summed E-state index contributed by atoms with van der Waals surface area (Å²) in [5.74, 6) is -0.847. The minimum atomic E-state index is -1.09. The zero-order chi connectivity index (χ0) is 21.1. The number of aromatic carboxylic acids is 1. The van der Waals surface area contributed by atoms with E-state index in [1.165, 1.54) is 11.6 Å². The third-order valence-corrected chi connectivity index (χ3v) is 4.44. The molecule has 0 radical (unpaired) electrons. The lowest BCUT2D eigenvalue weighted by Gasteiger charge is -2.27. The monoisotopic (exact) mass is 383 g/mol. The highest BCUT2D eigenvalue weighted by molar-refractivity contribution is 6.00. The highest BCUT2D eigenvalue weighted by Crippen LogP contribution is 2.35. The van der Waals surface area contributed by atoms with Gasteiger partial charge in [-0.3, -0.25) is 4.79 Å². The highest BCUT2D eigenvalue weighted by Gasteiger charge is 2.23. The normalized spacial score (nSPS) is 11.8. The van der Waals surface area contributed by atoms with Gasteiger partial charge in [-0.1, -0.05) is 65.8 Å². The molecule has 0 saturated carbocycles. The van der Waals surface area contributed by atoms with Crippen LogP contribution in [0.2, 0.25) is 0 Å². The molecule has 2 aromatic rings. The van der Waals surface area contributed by atoms with E-state index in [0.717, 1.165) is 5.56 Å². The molecule has 1 amide bonds. The van der Waals surface area contributed by atoms with Gasteiger partial charge in [-0.15, -0.1) is 0 Å². The summed E-state index contributed by atoms with van der Waals surface area (Å²) in [6.07, 6.45) is 0. The molecule has 0 aliphatic rings. The zero-order valence-electron chi connectivity index (χ0n) is 17.4. The molecule has 5 heteroatoms. The van der Waals surface area contributed by atoms with Gasteiger partial charge in [-0.05, 0) is 40.2 Å². The van der Waals surface area contributed by atoms with Crippen molar-refractivity contribution in [2.24, 2.45) is 0 Å². The third kappa shape index (κ3) is 5.35. The lowest BCUT2D eigenvalue weighted by molar-refractivity contribution is -0.118. The summed E-state index contributed by atoms with van der Waals surface area (Å²) in [6.45, 7) is 12.6. The zero-order valence-corrected chi connectivity index (χ0v) is 17.4. The maximum Gasteiger partial charge on any atom is 0.337 e. The van der Waals surface area contributed by atoms with E-state index in [4.69, 9.17) is 4.74 Å². The van der Waals surface area contributed by atoms with Gasteiger partial charge in [0.1, 0.15) is 5.75 Å². The van der Waals surface area contributed by atoms with Crippen molar-refractivity contribution in [1.82, 2.24) is 0 Å². The van der Waals surface area contributed by atoms with Crippen LogP contribution in [0.25, 0.3) is 0 Å². The standard InChI is InChI=1S/C23H29NO4/c1-22(2,3)15-11-12-19(17(13-15)23(4,5)6)28-14-20(25)24-18-10-8-7-9-16(18)21(26)27/h7-13H,14H2,1-6H3,(H,24,25)(H,26,27). The first-order valence-corrected chi connectivity index (χ1v) is 9.29. The second-order valence-corrected chi connectivity index (χ2v) is 8.90. The molecular weight excluding hydrogens is 354 g/mol. The molecule has 0 atom stereocenters. The summed E-state index contributed by atoms with van der Waals surface area (Å²) >= 11 is 0. The Morgan fingerprint density at radius 1 is 0.964 bits per heavy atom. The van der Waals surface area contributed by atoms with Crippen molar-refractivity contribution in [3.63, 3.8) is 0 Å². The number of hydrogen-bond acceptors (Lipinski definition) is 3. The quantitative estimate of drug-likeness (QED) is 0.762. The van der Waals surface area contributed by atoms with Gasteiger partial charge in [0.05, 0.1) is 11.3 Å². The Morgan fingerprint density at radius 3 is 2.18 bits per heavy atom. The van der Waals surface area contributed by atoms with Crippen LogP contribution in [0, 0.1) is 0 Å². The van der Waals surface area contributed by atoms with Crippen molar-refractivity contribution in [1.29, 1.82) is 0 Å². The minimum absolute atomic E-state index is 0.0104. The molecule has 2 aromatic carbocycles. The molecule has 0 aliphatic heterocycles. The number of carbonyl (C=O) groups is 2. The second-order valence-electron chi connectivity index (χ2n) is 8.90. The SMILES string of the molecule is CC(C)(C)c1ccc(OCC(=O)Nc2ccccc2C(=O)O)c(C(C)(C)C)c1. The summed E-state index contributed by atoms with van der Waals surface area (Å²) in [5, 5.41) is 11.8. The average molecular weight is 383 g/mol. The van der Waals surface area contributed by atoms with Gasteiger partial charge in [-0.2, -0.15) is 0 Å². The highest BCUT2D eigenvalue weighted by atomic mass is 16.5. The van der Waals surface area contributed by atoms with Crippen LogP contribution in [0.1, 0.15) is 63.0 Å². The first-order chi connectivity index (χ1) is 12.9. The molecule has 2 N–H and O–H groups in total. The first-order valence-electron chi connectivity index (χ1n) is 9.29. The van der Waals surface area contributed by atoms with E-state index in [1.54, 1.807) is 18.2 Å². The number of carboxylic acids is 1. The summed E-state index contributed by atoms with van der Waals surface area (Å²) in [4.78, 5) is 23.6. The molecule has 5 nitrogen and oxygen atoms in total. The van der Waals surface area contributed by atoms with Gasteiger partial charge in [0.25, 0.3) is 5.91 Å². The van der Waals surface area contributed by atoms with Gasteiger partial charge in [0, 0.05) is 0 Å². The number of carboxylic acid groups (broad SMARTS) is 1. The molecule has 2 rings (SSSR count). The van der Waals surface area contributed by atoms with Crippen LogP contribution >= 0.6 is 0 Å². The molecule has 0 saturated heterocycles. The second kappa shape index (κ2) is 8.05. The van der Waals surface area contributed by atoms with Crippen LogP contribution in [0.3, 0.4) is 0 Å². The fourth-order valence-corrected chi connectivity index (χ4v) is 2.82. The number of ether oxygens (including phenoxy) is 1. The van der Waals surface area contributed by atoms with Gasteiger partial charge in [0.15, 0.2) is 6.61 Å². The number of anilines is 1. The Labute approximate surface area is 166 Å². The van der Waals surface area contributed by atoms with Gasteiger partial charge in [0.2, 0.25) is 0 Å². The average Bonchev–Trinajstić information content (AvgIpc) is 2.58. The van der Waals surface area contributed by atoms with Crippen molar-refractivity contribution in [2.45, 2.75) is 52.4 Å². The van der Waals surface area contributed by atoms with Crippen molar-refractivity contribution in [3.05, 3.63) is 59.2 Å². The van der Waals surface area contributed by atoms with Gasteiger partial charge >= 0.3 is 5.97 Å². The lowest BCUT2D eigenvalue weighted by atomic mass is 9.80. The Bertz CT molecular complexity index is 873. The van der Waals surface area contributed by atoms with Gasteiger partial charge in [-0.25, -0.2) is 4.79 Å². The van der Waals surface area contributed by atoms with Crippen LogP contribution in [-0.4, -0.2) is 23.6 Å². The van der Waals surface area contributed by atoms with Crippen LogP contribution in [-0.2, 0) is 15.6 Å². The van der Waals surface area contributed by atoms with E-state index in [2.05, 4.69) is 52.9 Å². The number of para-hydroxylation sites is 1. The molecular formula is C23H29NO4. The molecule has 150 valence electrons. The fraction of sp³-hybridized carbons (Fsp3) is 0.391. The molecule has 28 heavy (non-hydrogen) atoms. The molecule has 0 heterocycles. The summed E-state index contributed by atoms with van der Waals surface area (Å²) in [6, 6.07) is 12.3. The van der Waals surface area contributed by atoms with Crippen LogP contribution in [0.5, 0.6) is 5.75 Å². The van der Waals surface area contributed by atoms with E-state index in [1.807, 2.05) is 12.1 Å². The third-order valence-electron chi connectivity index (χ3n) is 4.44. The van der Waals surface area contributed by atoms with E-state index in [0.29, 0.717) is 5.75 Å². The van der Waals surface area contributed by atoms with E-state index < -0.39 is 11.9 Å². The topological polar surface area (TPSA) is 75.6 Å². The lowest BCUT2D eigenvalue weighted by Crippen LogP contribution is -2.23. The molecule has 0 aromatic heterocycles. The number of amides is 1. The maximum absolute atomic E-state index is 12.3. The minimum Gasteiger partial charge on any atom is -0.483 e. The Balaban J connectivity index is 2.18. The smallest absolute Gasteiger partial charge is 0.337 e. The molecule has 0 bridgehead atoms. The Kier molecular flexibility index (Phi) is 6.17. The first kappa shape index (κ1) is 21.5. The van der Waals surface area contributed by atoms with Crippen molar-refractivity contribution >= 4 is 17.6 Å². The summed E-state index contributed by atoms with van der Waals surface area (Å²) < 4.78 is 5.81. The molecule has 0 aliphatic carbocycles. The Morgan fingerprint density at radius 2 is 1.61 bits per heavy atom. The van der Waals surface area contributed by atoms with Crippen LogP contribution in [0.4, 0.5) is 5.69 Å². The van der Waals surface area contributed by atoms with Gasteiger partial charge < -0.3 is 15.2 Å². The number of rotatable bonds is 5. The molecule has 0 fully saturated rings. The largest absolute Gasteiger partial charge is 0.483 e. The number of carbonyl (C=O) groups excluding carboxylic acids is 1. The van der Waals surface area contributed by atoms with Crippen molar-refractivity contribution in [2.75, 3.05) is 11.9 Å².